The van der Waals surface area contributed by atoms with E-state index in [0.717, 1.165) is 34.8 Å². The number of rotatable bonds is 4. The maximum Gasteiger partial charge on any atom is 0.123 e. The van der Waals surface area contributed by atoms with E-state index in [9.17, 15) is 0 Å². The highest BCUT2D eigenvalue weighted by Gasteiger charge is 2.13. The lowest BCUT2D eigenvalue weighted by atomic mass is 10.2. The van der Waals surface area contributed by atoms with Gasteiger partial charge in [-0.3, -0.25) is 0 Å². The second-order valence-corrected chi connectivity index (χ2v) is 5.39. The first-order chi connectivity index (χ1) is 9.69. The minimum absolute atomic E-state index is 0.569. The van der Waals surface area contributed by atoms with Crippen molar-refractivity contribution in [2.24, 2.45) is 0 Å². The summed E-state index contributed by atoms with van der Waals surface area (Å²) < 4.78 is 7.88. The van der Waals surface area contributed by atoms with E-state index in [-0.39, 0.29) is 0 Å². The molecule has 0 saturated carbocycles. The highest BCUT2D eigenvalue weighted by atomic mass is 35.5. The van der Waals surface area contributed by atoms with Crippen molar-refractivity contribution in [1.82, 2.24) is 9.55 Å². The summed E-state index contributed by atoms with van der Waals surface area (Å²) in [4.78, 5) is 4.74. The van der Waals surface area contributed by atoms with Gasteiger partial charge >= 0.3 is 0 Å². The number of hydrogen-bond donors (Lipinski definition) is 0. The van der Waals surface area contributed by atoms with Gasteiger partial charge in [0.15, 0.2) is 0 Å². The third-order valence-electron chi connectivity index (χ3n) is 3.49. The molecule has 0 spiro atoms. The maximum absolute atomic E-state index is 5.91. The summed E-state index contributed by atoms with van der Waals surface area (Å²) in [6.45, 7) is 4.74. The van der Waals surface area contributed by atoms with Crippen LogP contribution in [-0.2, 0) is 13.0 Å². The average Bonchev–Trinajstić information content (AvgIpc) is 2.97. The van der Waals surface area contributed by atoms with Gasteiger partial charge in [-0.15, -0.1) is 11.6 Å². The Balaban J connectivity index is 2.11. The summed E-state index contributed by atoms with van der Waals surface area (Å²) in [5, 5.41) is 0. The fraction of sp³-hybridized carbons (Fsp3) is 0.312. The van der Waals surface area contributed by atoms with Crippen molar-refractivity contribution >= 4 is 22.6 Å². The Morgan fingerprint density at radius 3 is 2.75 bits per heavy atom. The number of alkyl halides is 1. The summed E-state index contributed by atoms with van der Waals surface area (Å²) in [6.07, 6.45) is 0.759. The van der Waals surface area contributed by atoms with Gasteiger partial charge in [0.05, 0.1) is 17.6 Å². The van der Waals surface area contributed by atoms with Crippen LogP contribution >= 0.6 is 11.6 Å². The predicted molar refractivity (Wildman–Crippen MR) is 81.4 cm³/mol. The second kappa shape index (κ2) is 5.33. The molecule has 0 radical (unpaired) electrons. The zero-order valence-corrected chi connectivity index (χ0v) is 12.4. The van der Waals surface area contributed by atoms with Gasteiger partial charge in [-0.2, -0.15) is 0 Å². The molecule has 0 aliphatic heterocycles. The van der Waals surface area contributed by atoms with Gasteiger partial charge < -0.3 is 8.98 Å². The Hall–Kier alpha value is -1.74. The molecule has 2 aromatic heterocycles. The van der Waals surface area contributed by atoms with Crippen LogP contribution in [0.4, 0.5) is 0 Å². The van der Waals surface area contributed by atoms with Crippen molar-refractivity contribution in [3.63, 3.8) is 0 Å². The molecule has 1 aromatic carbocycles. The fourth-order valence-electron chi connectivity index (χ4n) is 2.51. The molecule has 0 fully saturated rings. The first kappa shape index (κ1) is 13.3. The Labute approximate surface area is 123 Å². The van der Waals surface area contributed by atoms with Gasteiger partial charge in [-0.1, -0.05) is 12.1 Å². The van der Waals surface area contributed by atoms with Crippen LogP contribution in [0.2, 0.25) is 0 Å². The molecule has 2 heterocycles. The van der Waals surface area contributed by atoms with Crippen LogP contribution < -0.4 is 0 Å². The third kappa shape index (κ3) is 2.34. The molecule has 0 bridgehead atoms. The lowest BCUT2D eigenvalue weighted by molar-refractivity contribution is 0.469. The topological polar surface area (TPSA) is 31.0 Å². The molecule has 104 valence electrons. The van der Waals surface area contributed by atoms with Crippen LogP contribution in [0.3, 0.4) is 0 Å². The zero-order valence-electron chi connectivity index (χ0n) is 11.7. The predicted octanol–water partition coefficient (Wildman–Crippen LogP) is 4.08. The van der Waals surface area contributed by atoms with Crippen LogP contribution in [0.15, 0.2) is 34.7 Å². The van der Waals surface area contributed by atoms with Gasteiger partial charge in [0.2, 0.25) is 0 Å². The molecule has 4 heteroatoms. The van der Waals surface area contributed by atoms with Crippen molar-refractivity contribution in [3.05, 3.63) is 53.2 Å². The van der Waals surface area contributed by atoms with E-state index >= 15 is 0 Å². The molecular formula is C16H17ClN2O. The third-order valence-corrected chi connectivity index (χ3v) is 3.68. The fourth-order valence-corrected chi connectivity index (χ4v) is 2.68. The van der Waals surface area contributed by atoms with Gasteiger partial charge in [-0.05, 0) is 37.6 Å². The Morgan fingerprint density at radius 2 is 2.05 bits per heavy atom. The summed E-state index contributed by atoms with van der Waals surface area (Å²) >= 11 is 5.91. The molecule has 0 atom stereocenters. The van der Waals surface area contributed by atoms with E-state index in [0.29, 0.717) is 12.4 Å². The lowest BCUT2D eigenvalue weighted by Gasteiger charge is -2.06. The molecule has 0 aliphatic rings. The van der Waals surface area contributed by atoms with Gasteiger partial charge in [0, 0.05) is 12.3 Å². The molecular weight excluding hydrogens is 272 g/mol. The van der Waals surface area contributed by atoms with Crippen molar-refractivity contribution in [3.8, 4) is 0 Å². The Bertz CT molecular complexity index is 742. The standard InChI is InChI=1S/C16H17ClN2O/c1-11-4-3-5-14-16(11)18-15(8-9-17)19(14)10-13-7-6-12(2)20-13/h3-7H,8-10H2,1-2H3. The van der Waals surface area contributed by atoms with E-state index in [4.69, 9.17) is 21.0 Å². The summed E-state index contributed by atoms with van der Waals surface area (Å²) in [6, 6.07) is 10.3. The molecule has 20 heavy (non-hydrogen) atoms. The maximum atomic E-state index is 5.91. The molecule has 0 unspecified atom stereocenters. The summed E-state index contributed by atoms with van der Waals surface area (Å²) in [7, 11) is 0. The number of imidazole rings is 1. The quantitative estimate of drug-likeness (QED) is 0.678. The number of aryl methyl sites for hydroxylation is 3. The molecule has 0 N–H and O–H groups in total. The zero-order chi connectivity index (χ0) is 14.1. The summed E-state index contributed by atoms with van der Waals surface area (Å²) in [5.41, 5.74) is 3.38. The molecule has 0 aliphatic carbocycles. The van der Waals surface area contributed by atoms with E-state index in [1.807, 2.05) is 19.1 Å². The highest BCUT2D eigenvalue weighted by molar-refractivity contribution is 6.17. The van der Waals surface area contributed by atoms with Crippen LogP contribution in [0, 0.1) is 13.8 Å². The summed E-state index contributed by atoms with van der Waals surface area (Å²) in [5.74, 6) is 3.46. The number of fused-ring (bicyclic) bond motifs is 1. The molecule has 0 amide bonds. The first-order valence-corrected chi connectivity index (χ1v) is 7.28. The SMILES string of the molecule is Cc1ccc(Cn2c(CCCl)nc3c(C)cccc32)o1. The van der Waals surface area contributed by atoms with Gasteiger partial charge in [0.25, 0.3) is 0 Å². The monoisotopic (exact) mass is 288 g/mol. The number of benzene rings is 1. The van der Waals surface area contributed by atoms with E-state index < -0.39 is 0 Å². The van der Waals surface area contributed by atoms with Crippen molar-refractivity contribution < 1.29 is 4.42 Å². The van der Waals surface area contributed by atoms with E-state index in [1.54, 1.807) is 0 Å². The largest absolute Gasteiger partial charge is 0.464 e. The average molecular weight is 289 g/mol. The molecule has 3 rings (SSSR count). The van der Waals surface area contributed by atoms with Crippen molar-refractivity contribution in [2.45, 2.75) is 26.8 Å². The smallest absolute Gasteiger partial charge is 0.123 e. The number of furan rings is 1. The van der Waals surface area contributed by atoms with Crippen LogP contribution in [0.5, 0.6) is 0 Å². The van der Waals surface area contributed by atoms with Crippen molar-refractivity contribution in [1.29, 1.82) is 0 Å². The molecule has 0 saturated heterocycles. The van der Waals surface area contributed by atoms with Crippen molar-refractivity contribution in [2.75, 3.05) is 5.88 Å². The number of para-hydroxylation sites is 1. The second-order valence-electron chi connectivity index (χ2n) is 5.01. The first-order valence-electron chi connectivity index (χ1n) is 6.75. The number of hydrogen-bond acceptors (Lipinski definition) is 2. The minimum atomic E-state index is 0.569. The Morgan fingerprint density at radius 1 is 1.20 bits per heavy atom. The van der Waals surface area contributed by atoms with Gasteiger partial charge in [0.1, 0.15) is 17.3 Å². The Kier molecular flexibility index (Phi) is 3.53. The number of nitrogens with zero attached hydrogens (tertiary/aromatic N) is 2. The van der Waals surface area contributed by atoms with Crippen LogP contribution in [-0.4, -0.2) is 15.4 Å². The van der Waals surface area contributed by atoms with E-state index in [2.05, 4.69) is 29.7 Å². The molecule has 3 nitrogen and oxygen atoms in total. The van der Waals surface area contributed by atoms with E-state index in [1.165, 1.54) is 5.56 Å². The highest BCUT2D eigenvalue weighted by Crippen LogP contribution is 2.22. The molecule has 3 aromatic rings. The lowest BCUT2D eigenvalue weighted by Crippen LogP contribution is -2.05. The minimum Gasteiger partial charge on any atom is -0.464 e. The normalized spacial score (nSPS) is 11.3. The number of halogens is 1. The van der Waals surface area contributed by atoms with Crippen LogP contribution in [0.1, 0.15) is 22.9 Å². The number of aromatic nitrogens is 2. The van der Waals surface area contributed by atoms with Crippen LogP contribution in [0.25, 0.3) is 11.0 Å². The van der Waals surface area contributed by atoms with Gasteiger partial charge in [-0.25, -0.2) is 4.98 Å².